The molecule has 0 aromatic carbocycles. The third-order valence-electron chi connectivity index (χ3n) is 4.58. The Balaban J connectivity index is 1.87. The first-order chi connectivity index (χ1) is 10.1. The molecule has 0 amide bonds. The van der Waals surface area contributed by atoms with E-state index in [1.54, 1.807) is 0 Å². The fraction of sp³-hybridized carbons (Fsp3) is 0.824. The fourth-order valence-corrected chi connectivity index (χ4v) is 3.24. The zero-order chi connectivity index (χ0) is 15.2. The highest BCUT2D eigenvalue weighted by atomic mass is 15.3. The van der Waals surface area contributed by atoms with E-state index >= 15 is 0 Å². The maximum Gasteiger partial charge on any atom is 0.0764 e. The van der Waals surface area contributed by atoms with E-state index in [1.165, 1.54) is 38.0 Å². The third-order valence-corrected chi connectivity index (χ3v) is 4.58. The number of likely N-dealkylation sites (tertiary alicyclic amines) is 1. The summed E-state index contributed by atoms with van der Waals surface area (Å²) in [6.45, 7) is 13.5. The highest BCUT2D eigenvalue weighted by Crippen LogP contribution is 2.21. The van der Waals surface area contributed by atoms with Crippen LogP contribution in [0.3, 0.4) is 0 Å². The summed E-state index contributed by atoms with van der Waals surface area (Å²) >= 11 is 0. The maximum absolute atomic E-state index is 4.68. The van der Waals surface area contributed by atoms with Gasteiger partial charge in [-0.2, -0.15) is 5.10 Å². The molecule has 0 spiro atoms. The SMILES string of the molecule is CCCNC1CCN(Cc2ccn(C(C)C)n2)CC1CC. The van der Waals surface area contributed by atoms with E-state index < -0.39 is 0 Å². The fourth-order valence-electron chi connectivity index (χ4n) is 3.24. The number of rotatable bonds is 7. The van der Waals surface area contributed by atoms with Gasteiger partial charge in [-0.1, -0.05) is 20.3 Å². The van der Waals surface area contributed by atoms with Gasteiger partial charge in [0.2, 0.25) is 0 Å². The van der Waals surface area contributed by atoms with Crippen molar-refractivity contribution in [3.8, 4) is 0 Å². The largest absolute Gasteiger partial charge is 0.314 e. The number of nitrogens with zero attached hydrogens (tertiary/aromatic N) is 3. The molecule has 1 aromatic rings. The third kappa shape index (κ3) is 4.55. The molecule has 4 nitrogen and oxygen atoms in total. The van der Waals surface area contributed by atoms with E-state index in [9.17, 15) is 0 Å². The standard InChI is InChI=1S/C17H32N4/c1-5-9-18-17-8-10-20(12-15(17)6-2)13-16-7-11-21(19-16)14(3)4/h7,11,14-15,17-18H,5-6,8-10,12-13H2,1-4H3. The van der Waals surface area contributed by atoms with Gasteiger partial charge in [-0.15, -0.1) is 0 Å². The first-order valence-electron chi connectivity index (χ1n) is 8.63. The molecule has 1 N–H and O–H groups in total. The molecule has 21 heavy (non-hydrogen) atoms. The van der Waals surface area contributed by atoms with Crippen LogP contribution in [0, 0.1) is 5.92 Å². The quantitative estimate of drug-likeness (QED) is 0.838. The summed E-state index contributed by atoms with van der Waals surface area (Å²) in [6.07, 6.45) is 5.86. The summed E-state index contributed by atoms with van der Waals surface area (Å²) in [5, 5.41) is 8.41. The maximum atomic E-state index is 4.68. The van der Waals surface area contributed by atoms with Crippen LogP contribution in [0.5, 0.6) is 0 Å². The monoisotopic (exact) mass is 292 g/mol. The Kier molecular flexibility index (Phi) is 6.24. The number of piperidine rings is 1. The summed E-state index contributed by atoms with van der Waals surface area (Å²) in [5.41, 5.74) is 1.21. The molecule has 4 heteroatoms. The molecule has 0 bridgehead atoms. The van der Waals surface area contributed by atoms with Crippen molar-refractivity contribution < 1.29 is 0 Å². The van der Waals surface area contributed by atoms with Gasteiger partial charge in [0, 0.05) is 37.9 Å². The first-order valence-corrected chi connectivity index (χ1v) is 8.63. The van der Waals surface area contributed by atoms with Gasteiger partial charge in [-0.3, -0.25) is 9.58 Å². The molecule has 1 aliphatic rings. The smallest absolute Gasteiger partial charge is 0.0764 e. The molecule has 2 heterocycles. The molecule has 2 rings (SSSR count). The lowest BCUT2D eigenvalue weighted by Gasteiger charge is -2.38. The van der Waals surface area contributed by atoms with Crippen molar-refractivity contribution in [1.29, 1.82) is 0 Å². The second-order valence-electron chi connectivity index (χ2n) is 6.63. The van der Waals surface area contributed by atoms with Crippen LogP contribution in [0.25, 0.3) is 0 Å². The predicted molar refractivity (Wildman–Crippen MR) is 88.4 cm³/mol. The normalized spacial score (nSPS) is 23.9. The molecule has 0 aliphatic carbocycles. The molecule has 2 atom stereocenters. The topological polar surface area (TPSA) is 33.1 Å². The molecular weight excluding hydrogens is 260 g/mol. The lowest BCUT2D eigenvalue weighted by molar-refractivity contribution is 0.127. The molecule has 1 fully saturated rings. The van der Waals surface area contributed by atoms with Gasteiger partial charge >= 0.3 is 0 Å². The summed E-state index contributed by atoms with van der Waals surface area (Å²) in [6, 6.07) is 3.33. The minimum atomic E-state index is 0.450. The van der Waals surface area contributed by atoms with Crippen molar-refractivity contribution in [3.05, 3.63) is 18.0 Å². The van der Waals surface area contributed by atoms with E-state index in [1.807, 2.05) is 0 Å². The van der Waals surface area contributed by atoms with E-state index in [0.29, 0.717) is 12.1 Å². The minimum Gasteiger partial charge on any atom is -0.314 e. The van der Waals surface area contributed by atoms with Gasteiger partial charge in [0.05, 0.1) is 5.69 Å². The second kappa shape index (κ2) is 7.95. The van der Waals surface area contributed by atoms with Crippen LogP contribution in [0.2, 0.25) is 0 Å². The van der Waals surface area contributed by atoms with Crippen LogP contribution in [-0.2, 0) is 6.54 Å². The van der Waals surface area contributed by atoms with Gasteiger partial charge in [-0.25, -0.2) is 0 Å². The molecular formula is C17H32N4. The molecule has 1 saturated heterocycles. The van der Waals surface area contributed by atoms with Crippen LogP contribution in [0.15, 0.2) is 12.3 Å². The van der Waals surface area contributed by atoms with E-state index in [0.717, 1.165) is 19.0 Å². The van der Waals surface area contributed by atoms with Gasteiger partial charge in [0.1, 0.15) is 0 Å². The highest BCUT2D eigenvalue weighted by molar-refractivity contribution is 5.00. The van der Waals surface area contributed by atoms with Crippen molar-refractivity contribution in [1.82, 2.24) is 20.0 Å². The van der Waals surface area contributed by atoms with Gasteiger partial charge in [0.15, 0.2) is 0 Å². The van der Waals surface area contributed by atoms with Gasteiger partial charge in [0.25, 0.3) is 0 Å². The Morgan fingerprint density at radius 3 is 2.81 bits per heavy atom. The van der Waals surface area contributed by atoms with Crippen LogP contribution in [-0.4, -0.2) is 40.4 Å². The van der Waals surface area contributed by atoms with Crippen LogP contribution in [0.4, 0.5) is 0 Å². The number of aromatic nitrogens is 2. The summed E-state index contributed by atoms with van der Waals surface area (Å²) in [7, 11) is 0. The molecule has 1 aliphatic heterocycles. The number of hydrogen-bond acceptors (Lipinski definition) is 3. The average molecular weight is 292 g/mol. The Morgan fingerprint density at radius 1 is 1.38 bits per heavy atom. The van der Waals surface area contributed by atoms with E-state index in [2.05, 4.69) is 60.0 Å². The number of nitrogens with one attached hydrogen (secondary N) is 1. The van der Waals surface area contributed by atoms with Crippen molar-refractivity contribution >= 4 is 0 Å². The predicted octanol–water partition coefficient (Wildman–Crippen LogP) is 3.06. The molecule has 2 unspecified atom stereocenters. The van der Waals surface area contributed by atoms with Gasteiger partial charge < -0.3 is 5.32 Å². The van der Waals surface area contributed by atoms with Crippen molar-refractivity contribution in [3.63, 3.8) is 0 Å². The lowest BCUT2D eigenvalue weighted by atomic mass is 9.89. The zero-order valence-corrected chi connectivity index (χ0v) is 14.2. The molecule has 120 valence electrons. The Hall–Kier alpha value is -0.870. The highest BCUT2D eigenvalue weighted by Gasteiger charge is 2.27. The molecule has 0 radical (unpaired) electrons. The van der Waals surface area contributed by atoms with Crippen LogP contribution < -0.4 is 5.32 Å². The summed E-state index contributed by atoms with van der Waals surface area (Å²) < 4.78 is 2.06. The van der Waals surface area contributed by atoms with Crippen LogP contribution >= 0.6 is 0 Å². The molecule has 0 saturated carbocycles. The second-order valence-corrected chi connectivity index (χ2v) is 6.63. The minimum absolute atomic E-state index is 0.450. The average Bonchev–Trinajstić information content (AvgIpc) is 2.94. The van der Waals surface area contributed by atoms with Crippen molar-refractivity contribution in [2.75, 3.05) is 19.6 Å². The number of hydrogen-bond donors (Lipinski definition) is 1. The van der Waals surface area contributed by atoms with Crippen LogP contribution in [0.1, 0.15) is 58.7 Å². The van der Waals surface area contributed by atoms with Gasteiger partial charge in [-0.05, 0) is 45.2 Å². The Bertz CT molecular complexity index is 413. The van der Waals surface area contributed by atoms with Crippen molar-refractivity contribution in [2.45, 2.75) is 65.6 Å². The Labute approximate surface area is 129 Å². The molecule has 1 aromatic heterocycles. The van der Waals surface area contributed by atoms with E-state index in [4.69, 9.17) is 0 Å². The lowest BCUT2D eigenvalue weighted by Crippen LogP contribution is -2.49. The van der Waals surface area contributed by atoms with Crippen molar-refractivity contribution in [2.24, 2.45) is 5.92 Å². The first kappa shape index (κ1) is 16.5. The Morgan fingerprint density at radius 2 is 2.19 bits per heavy atom. The summed E-state index contributed by atoms with van der Waals surface area (Å²) in [5.74, 6) is 0.775. The zero-order valence-electron chi connectivity index (χ0n) is 14.2. The van der Waals surface area contributed by atoms with E-state index in [-0.39, 0.29) is 0 Å². The summed E-state index contributed by atoms with van der Waals surface area (Å²) in [4.78, 5) is 2.57.